The van der Waals surface area contributed by atoms with Crippen molar-refractivity contribution in [3.63, 3.8) is 0 Å². The number of amides is 3. The van der Waals surface area contributed by atoms with E-state index in [-0.39, 0.29) is 18.9 Å². The van der Waals surface area contributed by atoms with Gasteiger partial charge in [-0.05, 0) is 24.1 Å². The maximum absolute atomic E-state index is 12.8. The number of nitrogens with one attached hydrogen (secondary N) is 3. The summed E-state index contributed by atoms with van der Waals surface area (Å²) in [5.41, 5.74) is 0.711. The van der Waals surface area contributed by atoms with Crippen LogP contribution in [0.5, 0.6) is 0 Å². The van der Waals surface area contributed by atoms with E-state index in [2.05, 4.69) is 16.0 Å². The molecule has 8 nitrogen and oxygen atoms in total. The molecule has 9 heteroatoms. The van der Waals surface area contributed by atoms with Crippen molar-refractivity contribution in [2.24, 2.45) is 0 Å². The first-order chi connectivity index (χ1) is 12.4. The molecule has 2 unspecified atom stereocenters. The summed E-state index contributed by atoms with van der Waals surface area (Å²) in [6.07, 6.45) is -0.128. The van der Waals surface area contributed by atoms with Crippen LogP contribution in [0.3, 0.4) is 0 Å². The molecule has 0 aliphatic heterocycles. The number of carbonyl (C=O) groups is 3. The van der Waals surface area contributed by atoms with E-state index in [0.29, 0.717) is 18.4 Å². The molecule has 144 valence electrons. The zero-order valence-corrected chi connectivity index (χ0v) is 14.8. The number of hydrogen-bond acceptors (Lipinski definition) is 4. The van der Waals surface area contributed by atoms with E-state index in [9.17, 15) is 18.8 Å². The van der Waals surface area contributed by atoms with Crippen LogP contribution in [0.4, 0.5) is 9.18 Å². The Morgan fingerprint density at radius 2 is 1.85 bits per heavy atom. The molecule has 0 aromatic heterocycles. The molecule has 0 aliphatic rings. The minimum absolute atomic E-state index is 0.178. The summed E-state index contributed by atoms with van der Waals surface area (Å²) < 4.78 is 17.6. The van der Waals surface area contributed by atoms with Gasteiger partial charge < -0.3 is 25.8 Å². The van der Waals surface area contributed by atoms with E-state index in [1.807, 2.05) is 6.92 Å². The Labute approximate surface area is 151 Å². The van der Waals surface area contributed by atoms with Crippen molar-refractivity contribution in [1.82, 2.24) is 16.0 Å². The van der Waals surface area contributed by atoms with Crippen LogP contribution in [0.15, 0.2) is 24.3 Å². The summed E-state index contributed by atoms with van der Waals surface area (Å²) in [7, 11) is 1.23. The van der Waals surface area contributed by atoms with Gasteiger partial charge in [0.25, 0.3) is 0 Å². The minimum atomic E-state index is -1.19. The summed E-state index contributed by atoms with van der Waals surface area (Å²) in [4.78, 5) is 35.0. The van der Waals surface area contributed by atoms with Gasteiger partial charge in [0.15, 0.2) is 6.10 Å². The van der Waals surface area contributed by atoms with E-state index in [4.69, 9.17) is 9.84 Å². The lowest BCUT2D eigenvalue weighted by molar-refractivity contribution is -0.148. The predicted octanol–water partition coefficient (Wildman–Crippen LogP) is 1.01. The molecule has 3 amide bonds. The Balaban J connectivity index is 2.51. The van der Waals surface area contributed by atoms with Gasteiger partial charge in [-0.15, -0.1) is 0 Å². The Morgan fingerprint density at radius 3 is 2.38 bits per heavy atom. The maximum atomic E-state index is 12.8. The standard InChI is InChI=1S/C17H24FN3O5/c1-3-4-13(15(22)19-10-14(26-2)16(23)24)21-17(25)20-9-11-5-7-12(18)8-6-11/h5-8,13-14H,3-4,9-10H2,1-2H3,(H,19,22)(H,23,24)(H2,20,21,25). The molecular formula is C17H24FN3O5. The van der Waals surface area contributed by atoms with Gasteiger partial charge in [0.05, 0.1) is 6.54 Å². The lowest BCUT2D eigenvalue weighted by atomic mass is 10.1. The number of urea groups is 1. The molecule has 1 rings (SSSR count). The van der Waals surface area contributed by atoms with Crippen molar-refractivity contribution < 1.29 is 28.6 Å². The van der Waals surface area contributed by atoms with Gasteiger partial charge in [0, 0.05) is 13.7 Å². The zero-order valence-electron chi connectivity index (χ0n) is 14.8. The zero-order chi connectivity index (χ0) is 19.5. The third-order valence-electron chi connectivity index (χ3n) is 3.59. The molecule has 1 aromatic carbocycles. The number of methoxy groups -OCH3 is 1. The third-order valence-corrected chi connectivity index (χ3v) is 3.59. The molecule has 0 saturated carbocycles. The number of ether oxygens (including phenoxy) is 1. The molecule has 0 radical (unpaired) electrons. The van der Waals surface area contributed by atoms with Crippen LogP contribution in [0, 0.1) is 5.82 Å². The van der Waals surface area contributed by atoms with E-state index >= 15 is 0 Å². The van der Waals surface area contributed by atoms with Gasteiger partial charge in [0.2, 0.25) is 5.91 Å². The van der Waals surface area contributed by atoms with Crippen molar-refractivity contribution in [2.45, 2.75) is 38.5 Å². The van der Waals surface area contributed by atoms with Crippen LogP contribution in [-0.2, 0) is 20.9 Å². The Hall–Kier alpha value is -2.68. The Bertz CT molecular complexity index is 609. The number of benzene rings is 1. The highest BCUT2D eigenvalue weighted by atomic mass is 19.1. The summed E-state index contributed by atoms with van der Waals surface area (Å²) in [5, 5.41) is 16.5. The van der Waals surface area contributed by atoms with Gasteiger partial charge in [-0.25, -0.2) is 14.0 Å². The second kappa shape index (κ2) is 11.0. The minimum Gasteiger partial charge on any atom is -0.479 e. The monoisotopic (exact) mass is 369 g/mol. The van der Waals surface area contributed by atoms with E-state index in [0.717, 1.165) is 0 Å². The van der Waals surface area contributed by atoms with Gasteiger partial charge in [0.1, 0.15) is 11.9 Å². The van der Waals surface area contributed by atoms with Crippen molar-refractivity contribution in [1.29, 1.82) is 0 Å². The molecule has 26 heavy (non-hydrogen) atoms. The van der Waals surface area contributed by atoms with E-state index in [1.165, 1.54) is 19.2 Å². The number of carboxylic acids is 1. The fourth-order valence-corrected chi connectivity index (χ4v) is 2.14. The number of rotatable bonds is 10. The molecule has 4 N–H and O–H groups in total. The summed E-state index contributed by atoms with van der Waals surface area (Å²) in [5.74, 6) is -2.05. The maximum Gasteiger partial charge on any atom is 0.334 e. The molecule has 0 fully saturated rings. The first kappa shape index (κ1) is 21.4. The molecule has 2 atom stereocenters. The first-order valence-electron chi connectivity index (χ1n) is 8.19. The van der Waals surface area contributed by atoms with Gasteiger partial charge in [-0.2, -0.15) is 0 Å². The van der Waals surface area contributed by atoms with Crippen LogP contribution in [0.1, 0.15) is 25.3 Å². The molecule has 0 spiro atoms. The van der Waals surface area contributed by atoms with Crippen molar-refractivity contribution in [3.05, 3.63) is 35.6 Å². The van der Waals surface area contributed by atoms with E-state index in [1.54, 1.807) is 12.1 Å². The SMILES string of the molecule is CCCC(NC(=O)NCc1ccc(F)cc1)C(=O)NCC(OC)C(=O)O. The number of halogens is 1. The van der Waals surface area contributed by atoms with Crippen LogP contribution in [0.2, 0.25) is 0 Å². The van der Waals surface area contributed by atoms with E-state index < -0.39 is 30.1 Å². The van der Waals surface area contributed by atoms with Crippen LogP contribution < -0.4 is 16.0 Å². The molecule has 0 saturated heterocycles. The first-order valence-corrected chi connectivity index (χ1v) is 8.19. The predicted molar refractivity (Wildman–Crippen MR) is 91.9 cm³/mol. The number of carbonyl (C=O) groups excluding carboxylic acids is 2. The largest absolute Gasteiger partial charge is 0.479 e. The van der Waals surface area contributed by atoms with Gasteiger partial charge in [-0.1, -0.05) is 25.5 Å². The van der Waals surface area contributed by atoms with Crippen LogP contribution in [-0.4, -0.2) is 48.8 Å². The fraction of sp³-hybridized carbons (Fsp3) is 0.471. The normalized spacial score (nSPS) is 12.7. The summed E-state index contributed by atoms with van der Waals surface area (Å²) >= 11 is 0. The quantitative estimate of drug-likeness (QED) is 0.491. The van der Waals surface area contributed by atoms with Crippen molar-refractivity contribution >= 4 is 17.9 Å². The summed E-state index contributed by atoms with van der Waals surface area (Å²) in [6.45, 7) is 1.83. The lowest BCUT2D eigenvalue weighted by Gasteiger charge is -2.19. The van der Waals surface area contributed by atoms with Gasteiger partial charge >= 0.3 is 12.0 Å². The number of hydrogen-bond donors (Lipinski definition) is 4. The molecular weight excluding hydrogens is 345 g/mol. The average Bonchev–Trinajstić information content (AvgIpc) is 2.61. The lowest BCUT2D eigenvalue weighted by Crippen LogP contribution is -2.51. The number of aliphatic carboxylic acids is 1. The molecule has 0 heterocycles. The second-order valence-corrected chi connectivity index (χ2v) is 5.60. The van der Waals surface area contributed by atoms with Crippen molar-refractivity contribution in [2.75, 3.05) is 13.7 Å². The summed E-state index contributed by atoms with van der Waals surface area (Å²) in [6, 6.07) is 4.31. The highest BCUT2D eigenvalue weighted by Gasteiger charge is 2.23. The highest BCUT2D eigenvalue weighted by Crippen LogP contribution is 2.02. The average molecular weight is 369 g/mol. The Kier molecular flexibility index (Phi) is 9.07. The van der Waals surface area contributed by atoms with Crippen LogP contribution in [0.25, 0.3) is 0 Å². The number of carboxylic acid groups (broad SMARTS) is 1. The van der Waals surface area contributed by atoms with Crippen molar-refractivity contribution in [3.8, 4) is 0 Å². The van der Waals surface area contributed by atoms with Gasteiger partial charge in [-0.3, -0.25) is 4.79 Å². The molecule has 0 bridgehead atoms. The second-order valence-electron chi connectivity index (χ2n) is 5.60. The third kappa shape index (κ3) is 7.47. The Morgan fingerprint density at radius 1 is 1.19 bits per heavy atom. The fourth-order valence-electron chi connectivity index (χ4n) is 2.14. The molecule has 1 aromatic rings. The highest BCUT2D eigenvalue weighted by molar-refractivity contribution is 5.87. The topological polar surface area (TPSA) is 117 Å². The molecule has 0 aliphatic carbocycles. The van der Waals surface area contributed by atoms with Crippen LogP contribution >= 0.6 is 0 Å². The smallest absolute Gasteiger partial charge is 0.334 e.